The van der Waals surface area contributed by atoms with Crippen molar-refractivity contribution in [3.05, 3.63) is 42.8 Å². The first-order valence-electron chi connectivity index (χ1n) is 4.89. The molecule has 4 heteroatoms. The van der Waals surface area contributed by atoms with Crippen molar-refractivity contribution in [1.82, 2.24) is 0 Å². The van der Waals surface area contributed by atoms with Crippen LogP contribution in [0.15, 0.2) is 30.3 Å². The predicted octanol–water partition coefficient (Wildman–Crippen LogP) is 1.26. The van der Waals surface area contributed by atoms with Gasteiger partial charge in [-0.3, -0.25) is 4.79 Å². The number of carbonyl (C=O) groups is 2. The molecule has 0 aliphatic rings. The maximum Gasteiger partial charge on any atom is 0.379 e. The van der Waals surface area contributed by atoms with Crippen LogP contribution in [0, 0.1) is 6.92 Å². The summed E-state index contributed by atoms with van der Waals surface area (Å²) in [6, 6.07) is 8.27. The quantitative estimate of drug-likeness (QED) is 0.314. The average Bonchev–Trinajstić information content (AvgIpc) is 2.34. The Labute approximate surface area is 94.2 Å². The Bertz CT molecular complexity index is 345. The van der Waals surface area contributed by atoms with E-state index < -0.39 is 11.8 Å². The lowest BCUT2D eigenvalue weighted by Gasteiger charge is -2.03. The summed E-state index contributed by atoms with van der Waals surface area (Å²) in [5.74, 6) is -1.51. The van der Waals surface area contributed by atoms with Crippen molar-refractivity contribution in [2.24, 2.45) is 0 Å². The predicted molar refractivity (Wildman–Crippen MR) is 57.9 cm³/mol. The van der Waals surface area contributed by atoms with E-state index in [9.17, 15) is 9.59 Å². The molecule has 0 aromatic heterocycles. The maximum absolute atomic E-state index is 11.5. The molecule has 0 spiro atoms. The summed E-state index contributed by atoms with van der Waals surface area (Å²) >= 11 is 0. The summed E-state index contributed by atoms with van der Waals surface area (Å²) < 4.78 is 9.59. The van der Waals surface area contributed by atoms with Crippen molar-refractivity contribution < 1.29 is 19.1 Å². The van der Waals surface area contributed by atoms with Crippen LogP contribution in [0.4, 0.5) is 0 Å². The van der Waals surface area contributed by atoms with E-state index >= 15 is 0 Å². The number of carbonyl (C=O) groups excluding carboxylic acids is 2. The number of Topliss-reactive ketones (excluding diaryl/α,β-unsaturated/α-hetero) is 1. The van der Waals surface area contributed by atoms with Crippen LogP contribution in [0.5, 0.6) is 0 Å². The standard InChI is InChI=1S/C12H13O4/c1-2-15-8-9-16-12(14)11(13)10-6-4-3-5-7-10/h3-7H,1-2,8-9H2. The molecule has 0 bridgehead atoms. The Morgan fingerprint density at radius 3 is 2.44 bits per heavy atom. The van der Waals surface area contributed by atoms with Crippen molar-refractivity contribution in [3.8, 4) is 0 Å². The fourth-order valence-corrected chi connectivity index (χ4v) is 1.07. The van der Waals surface area contributed by atoms with Crippen molar-refractivity contribution in [2.75, 3.05) is 19.8 Å². The van der Waals surface area contributed by atoms with Gasteiger partial charge in [-0.1, -0.05) is 30.3 Å². The fourth-order valence-electron chi connectivity index (χ4n) is 1.07. The summed E-state index contributed by atoms with van der Waals surface area (Å²) in [6.45, 7) is 4.07. The van der Waals surface area contributed by atoms with E-state index in [1.54, 1.807) is 30.3 Å². The van der Waals surface area contributed by atoms with Crippen LogP contribution in [-0.4, -0.2) is 31.6 Å². The van der Waals surface area contributed by atoms with Gasteiger partial charge >= 0.3 is 5.97 Å². The van der Waals surface area contributed by atoms with Gasteiger partial charge in [0.2, 0.25) is 0 Å². The summed E-state index contributed by atoms with van der Waals surface area (Å²) in [7, 11) is 0. The van der Waals surface area contributed by atoms with Crippen LogP contribution in [0.3, 0.4) is 0 Å². The summed E-state index contributed by atoms with van der Waals surface area (Å²) in [5.41, 5.74) is 0.325. The first kappa shape index (κ1) is 12.4. The summed E-state index contributed by atoms with van der Waals surface area (Å²) in [5, 5.41) is 0. The minimum atomic E-state index is -0.862. The van der Waals surface area contributed by atoms with E-state index in [0.29, 0.717) is 12.2 Å². The molecule has 0 saturated heterocycles. The van der Waals surface area contributed by atoms with Gasteiger partial charge < -0.3 is 9.47 Å². The molecule has 0 fully saturated rings. The monoisotopic (exact) mass is 221 g/mol. The lowest BCUT2D eigenvalue weighted by Crippen LogP contribution is -2.19. The zero-order chi connectivity index (χ0) is 11.8. The molecule has 0 unspecified atom stereocenters. The number of hydrogen-bond donors (Lipinski definition) is 0. The highest BCUT2D eigenvalue weighted by Gasteiger charge is 2.16. The van der Waals surface area contributed by atoms with Gasteiger partial charge in [-0.15, -0.1) is 0 Å². The highest BCUT2D eigenvalue weighted by molar-refractivity contribution is 6.40. The second kappa shape index (κ2) is 6.74. The van der Waals surface area contributed by atoms with E-state index in [1.807, 2.05) is 0 Å². The molecular formula is C12H13O4. The fraction of sp³-hybridized carbons (Fsp3) is 0.250. The van der Waals surface area contributed by atoms with Crippen molar-refractivity contribution in [2.45, 2.75) is 0 Å². The molecule has 16 heavy (non-hydrogen) atoms. The molecule has 1 aromatic rings. The molecule has 1 rings (SSSR count). The zero-order valence-corrected chi connectivity index (χ0v) is 8.85. The molecule has 1 aromatic carbocycles. The minimum Gasteiger partial charge on any atom is -0.457 e. The number of hydrogen-bond acceptors (Lipinski definition) is 4. The molecule has 0 atom stereocenters. The first-order chi connectivity index (χ1) is 7.75. The van der Waals surface area contributed by atoms with Crippen LogP contribution in [0.1, 0.15) is 10.4 Å². The number of ketones is 1. The lowest BCUT2D eigenvalue weighted by molar-refractivity contribution is -0.139. The van der Waals surface area contributed by atoms with Gasteiger partial charge in [0.1, 0.15) is 6.61 Å². The van der Waals surface area contributed by atoms with Crippen molar-refractivity contribution in [3.63, 3.8) is 0 Å². The van der Waals surface area contributed by atoms with E-state index in [1.165, 1.54) is 0 Å². The van der Waals surface area contributed by atoms with Gasteiger partial charge in [0, 0.05) is 12.2 Å². The molecule has 0 N–H and O–H groups in total. The average molecular weight is 221 g/mol. The van der Waals surface area contributed by atoms with E-state index in [2.05, 4.69) is 6.92 Å². The van der Waals surface area contributed by atoms with E-state index in [4.69, 9.17) is 9.47 Å². The molecular weight excluding hydrogens is 208 g/mol. The van der Waals surface area contributed by atoms with Gasteiger partial charge in [0.15, 0.2) is 0 Å². The highest BCUT2D eigenvalue weighted by Crippen LogP contribution is 2.01. The Balaban J connectivity index is 2.40. The molecule has 0 aliphatic heterocycles. The van der Waals surface area contributed by atoms with Gasteiger partial charge in [-0.05, 0) is 6.92 Å². The van der Waals surface area contributed by atoms with E-state index in [0.717, 1.165) is 0 Å². The Morgan fingerprint density at radius 1 is 1.12 bits per heavy atom. The number of ether oxygens (including phenoxy) is 2. The van der Waals surface area contributed by atoms with Crippen molar-refractivity contribution >= 4 is 11.8 Å². The third-order valence-corrected chi connectivity index (χ3v) is 1.83. The maximum atomic E-state index is 11.5. The Morgan fingerprint density at radius 2 is 1.81 bits per heavy atom. The Hall–Kier alpha value is -1.68. The minimum absolute atomic E-state index is 0.0624. The molecule has 0 aliphatic carbocycles. The number of rotatable bonds is 6. The summed E-state index contributed by atoms with van der Waals surface area (Å²) in [6.07, 6.45) is 0. The highest BCUT2D eigenvalue weighted by atomic mass is 16.6. The number of esters is 1. The molecule has 4 nitrogen and oxygen atoms in total. The molecule has 0 saturated carbocycles. The largest absolute Gasteiger partial charge is 0.457 e. The van der Waals surface area contributed by atoms with Gasteiger partial charge in [-0.25, -0.2) is 4.79 Å². The van der Waals surface area contributed by atoms with Crippen LogP contribution in [-0.2, 0) is 14.3 Å². The van der Waals surface area contributed by atoms with Crippen LogP contribution in [0.25, 0.3) is 0 Å². The zero-order valence-electron chi connectivity index (χ0n) is 8.85. The Kier molecular flexibility index (Phi) is 5.22. The van der Waals surface area contributed by atoms with E-state index in [-0.39, 0.29) is 13.2 Å². The molecule has 0 heterocycles. The second-order valence-corrected chi connectivity index (χ2v) is 2.94. The molecule has 85 valence electrons. The van der Waals surface area contributed by atoms with Gasteiger partial charge in [0.05, 0.1) is 6.61 Å². The third-order valence-electron chi connectivity index (χ3n) is 1.83. The summed E-state index contributed by atoms with van der Waals surface area (Å²) in [4.78, 5) is 22.7. The normalized spacial score (nSPS) is 9.81. The van der Waals surface area contributed by atoms with Crippen LogP contribution in [0.2, 0.25) is 0 Å². The van der Waals surface area contributed by atoms with Gasteiger partial charge in [0.25, 0.3) is 5.78 Å². The van der Waals surface area contributed by atoms with Crippen LogP contribution < -0.4 is 0 Å². The number of benzene rings is 1. The lowest BCUT2D eigenvalue weighted by atomic mass is 10.1. The van der Waals surface area contributed by atoms with Crippen molar-refractivity contribution in [1.29, 1.82) is 0 Å². The van der Waals surface area contributed by atoms with Crippen LogP contribution >= 0.6 is 0 Å². The molecule has 1 radical (unpaired) electrons. The third kappa shape index (κ3) is 3.82. The smallest absolute Gasteiger partial charge is 0.379 e. The first-order valence-corrected chi connectivity index (χ1v) is 4.89. The second-order valence-electron chi connectivity index (χ2n) is 2.94. The topological polar surface area (TPSA) is 52.6 Å². The molecule has 0 amide bonds. The SMILES string of the molecule is [CH2]COCCOC(=O)C(=O)c1ccccc1. The van der Waals surface area contributed by atoms with Gasteiger partial charge in [-0.2, -0.15) is 0 Å².